The SMILES string of the molecule is Cc1ccc(N(C)c2c(Cl)cccc2C(=O)O)c(C)c1. The van der Waals surface area contributed by atoms with Gasteiger partial charge in [-0.05, 0) is 37.6 Å². The lowest BCUT2D eigenvalue weighted by Gasteiger charge is -2.24. The number of hydrogen-bond donors (Lipinski definition) is 1. The molecule has 4 heteroatoms. The fraction of sp³-hybridized carbons (Fsp3) is 0.188. The highest BCUT2D eigenvalue weighted by Gasteiger charge is 2.18. The van der Waals surface area contributed by atoms with Crippen LogP contribution in [0.15, 0.2) is 36.4 Å². The van der Waals surface area contributed by atoms with Crippen LogP contribution in [-0.4, -0.2) is 18.1 Å². The number of benzene rings is 2. The van der Waals surface area contributed by atoms with Crippen molar-refractivity contribution in [3.05, 3.63) is 58.1 Å². The molecule has 0 fully saturated rings. The molecule has 0 saturated heterocycles. The summed E-state index contributed by atoms with van der Waals surface area (Å²) in [5.74, 6) is -0.987. The Morgan fingerprint density at radius 3 is 2.50 bits per heavy atom. The largest absolute Gasteiger partial charge is 0.478 e. The highest BCUT2D eigenvalue weighted by Crippen LogP contribution is 2.35. The molecule has 0 spiro atoms. The van der Waals surface area contributed by atoms with Crippen molar-refractivity contribution >= 4 is 28.9 Å². The van der Waals surface area contributed by atoms with Gasteiger partial charge in [0.05, 0.1) is 16.3 Å². The third-order valence-electron chi connectivity index (χ3n) is 3.27. The lowest BCUT2D eigenvalue weighted by Crippen LogP contribution is -2.15. The molecule has 0 unspecified atom stereocenters. The molecule has 20 heavy (non-hydrogen) atoms. The predicted octanol–water partition coefficient (Wildman–Crippen LogP) is 4.42. The van der Waals surface area contributed by atoms with Crippen LogP contribution in [0.4, 0.5) is 11.4 Å². The van der Waals surface area contributed by atoms with Gasteiger partial charge in [0.25, 0.3) is 0 Å². The summed E-state index contributed by atoms with van der Waals surface area (Å²) in [6, 6.07) is 10.9. The Bertz CT molecular complexity index is 668. The van der Waals surface area contributed by atoms with Crippen molar-refractivity contribution < 1.29 is 9.90 Å². The topological polar surface area (TPSA) is 40.5 Å². The Balaban J connectivity index is 2.58. The minimum absolute atomic E-state index is 0.194. The number of nitrogens with zero attached hydrogens (tertiary/aromatic N) is 1. The minimum atomic E-state index is -0.987. The average molecular weight is 290 g/mol. The van der Waals surface area contributed by atoms with Gasteiger partial charge < -0.3 is 10.0 Å². The number of anilines is 2. The van der Waals surface area contributed by atoms with Crippen LogP contribution in [0.25, 0.3) is 0 Å². The van der Waals surface area contributed by atoms with Crippen LogP contribution >= 0.6 is 11.6 Å². The Labute approximate surface area is 123 Å². The summed E-state index contributed by atoms with van der Waals surface area (Å²) in [6.45, 7) is 4.02. The number of para-hydroxylation sites is 1. The number of rotatable bonds is 3. The van der Waals surface area contributed by atoms with Gasteiger partial charge >= 0.3 is 5.97 Å². The molecule has 0 aromatic heterocycles. The molecular weight excluding hydrogens is 274 g/mol. The maximum atomic E-state index is 11.4. The fourth-order valence-electron chi connectivity index (χ4n) is 2.33. The smallest absolute Gasteiger partial charge is 0.337 e. The highest BCUT2D eigenvalue weighted by atomic mass is 35.5. The van der Waals surface area contributed by atoms with E-state index in [1.165, 1.54) is 0 Å². The van der Waals surface area contributed by atoms with E-state index in [1.807, 2.05) is 37.9 Å². The van der Waals surface area contributed by atoms with Crippen LogP contribution in [0.3, 0.4) is 0 Å². The molecular formula is C16H16ClNO2. The molecule has 0 radical (unpaired) electrons. The molecule has 0 heterocycles. The number of carboxylic acid groups (broad SMARTS) is 1. The molecule has 0 bridgehead atoms. The van der Waals surface area contributed by atoms with Crippen molar-refractivity contribution in [2.24, 2.45) is 0 Å². The maximum absolute atomic E-state index is 11.4. The third-order valence-corrected chi connectivity index (χ3v) is 3.57. The summed E-state index contributed by atoms with van der Waals surface area (Å²) in [6.07, 6.45) is 0. The molecule has 2 aromatic carbocycles. The molecule has 0 aliphatic heterocycles. The average Bonchev–Trinajstić information content (AvgIpc) is 2.37. The maximum Gasteiger partial charge on any atom is 0.337 e. The van der Waals surface area contributed by atoms with E-state index in [1.54, 1.807) is 18.2 Å². The molecule has 3 nitrogen and oxygen atoms in total. The summed E-state index contributed by atoms with van der Waals surface area (Å²) in [5, 5.41) is 9.74. The summed E-state index contributed by atoms with van der Waals surface area (Å²) in [7, 11) is 1.82. The Morgan fingerprint density at radius 2 is 1.90 bits per heavy atom. The summed E-state index contributed by atoms with van der Waals surface area (Å²) in [5.41, 5.74) is 3.88. The van der Waals surface area contributed by atoms with Gasteiger partial charge in [0, 0.05) is 12.7 Å². The van der Waals surface area contributed by atoms with Crippen molar-refractivity contribution in [3.8, 4) is 0 Å². The number of carbonyl (C=O) groups is 1. The monoisotopic (exact) mass is 289 g/mol. The number of halogens is 1. The first-order valence-electron chi connectivity index (χ1n) is 6.24. The Morgan fingerprint density at radius 1 is 1.20 bits per heavy atom. The van der Waals surface area contributed by atoms with E-state index in [-0.39, 0.29) is 5.56 Å². The first-order valence-corrected chi connectivity index (χ1v) is 6.62. The molecule has 0 saturated carbocycles. The third kappa shape index (κ3) is 2.63. The summed E-state index contributed by atoms with van der Waals surface area (Å²) >= 11 is 6.20. The van der Waals surface area contributed by atoms with E-state index < -0.39 is 5.97 Å². The number of carboxylic acids is 1. The number of hydrogen-bond acceptors (Lipinski definition) is 2. The highest BCUT2D eigenvalue weighted by molar-refractivity contribution is 6.34. The quantitative estimate of drug-likeness (QED) is 0.909. The van der Waals surface area contributed by atoms with Crippen LogP contribution in [-0.2, 0) is 0 Å². The normalized spacial score (nSPS) is 10.4. The molecule has 1 N–H and O–H groups in total. The first-order chi connectivity index (χ1) is 9.41. The van der Waals surface area contributed by atoms with E-state index >= 15 is 0 Å². The van der Waals surface area contributed by atoms with Crippen LogP contribution in [0.5, 0.6) is 0 Å². The van der Waals surface area contributed by atoms with Gasteiger partial charge in [-0.3, -0.25) is 0 Å². The molecule has 0 aliphatic carbocycles. The van der Waals surface area contributed by atoms with Crippen molar-refractivity contribution in [2.75, 3.05) is 11.9 Å². The van der Waals surface area contributed by atoms with Gasteiger partial charge in [0.1, 0.15) is 0 Å². The fourth-order valence-corrected chi connectivity index (χ4v) is 2.63. The molecule has 104 valence electrons. The standard InChI is InChI=1S/C16H16ClNO2/c1-10-7-8-14(11(2)9-10)18(3)15-12(16(19)20)5-4-6-13(15)17/h4-9H,1-3H3,(H,19,20). The number of aromatic carboxylic acids is 1. The van der Waals surface area contributed by atoms with Crippen molar-refractivity contribution in [2.45, 2.75) is 13.8 Å². The van der Waals surface area contributed by atoms with E-state index in [4.69, 9.17) is 11.6 Å². The zero-order valence-corrected chi connectivity index (χ0v) is 12.4. The van der Waals surface area contributed by atoms with Crippen molar-refractivity contribution in [3.63, 3.8) is 0 Å². The molecule has 0 atom stereocenters. The van der Waals surface area contributed by atoms with Gasteiger partial charge in [-0.1, -0.05) is 35.4 Å². The number of aryl methyl sites for hydroxylation is 2. The predicted molar refractivity (Wildman–Crippen MR) is 82.4 cm³/mol. The van der Waals surface area contributed by atoms with Crippen LogP contribution in [0, 0.1) is 13.8 Å². The second-order valence-electron chi connectivity index (χ2n) is 4.79. The lowest BCUT2D eigenvalue weighted by molar-refractivity contribution is 0.0697. The van der Waals surface area contributed by atoms with Gasteiger partial charge in [0.15, 0.2) is 0 Å². The van der Waals surface area contributed by atoms with Gasteiger partial charge in [0.2, 0.25) is 0 Å². The van der Waals surface area contributed by atoms with Crippen LogP contribution < -0.4 is 4.90 Å². The first kappa shape index (κ1) is 14.4. The lowest BCUT2D eigenvalue weighted by atomic mass is 10.1. The minimum Gasteiger partial charge on any atom is -0.478 e. The zero-order chi connectivity index (χ0) is 14.9. The van der Waals surface area contributed by atoms with Crippen LogP contribution in [0.2, 0.25) is 5.02 Å². The van der Waals surface area contributed by atoms with E-state index in [0.717, 1.165) is 16.8 Å². The summed E-state index contributed by atoms with van der Waals surface area (Å²) in [4.78, 5) is 13.2. The Kier molecular flexibility index (Phi) is 4.00. The molecule has 2 rings (SSSR count). The molecule has 2 aromatic rings. The summed E-state index contributed by atoms with van der Waals surface area (Å²) < 4.78 is 0. The van der Waals surface area contributed by atoms with Gasteiger partial charge in [-0.2, -0.15) is 0 Å². The van der Waals surface area contributed by atoms with Crippen LogP contribution in [0.1, 0.15) is 21.5 Å². The van der Waals surface area contributed by atoms with E-state index in [0.29, 0.717) is 10.7 Å². The van der Waals surface area contributed by atoms with E-state index in [9.17, 15) is 9.90 Å². The van der Waals surface area contributed by atoms with Crippen molar-refractivity contribution in [1.82, 2.24) is 0 Å². The Hall–Kier alpha value is -2.00. The molecule has 0 amide bonds. The second-order valence-corrected chi connectivity index (χ2v) is 5.20. The van der Waals surface area contributed by atoms with Gasteiger partial charge in [-0.15, -0.1) is 0 Å². The van der Waals surface area contributed by atoms with E-state index in [2.05, 4.69) is 6.07 Å². The van der Waals surface area contributed by atoms with Crippen molar-refractivity contribution in [1.29, 1.82) is 0 Å². The zero-order valence-electron chi connectivity index (χ0n) is 11.6. The second kappa shape index (κ2) is 5.55. The molecule has 0 aliphatic rings. The van der Waals surface area contributed by atoms with Gasteiger partial charge in [-0.25, -0.2) is 4.79 Å².